The summed E-state index contributed by atoms with van der Waals surface area (Å²) in [5.74, 6) is 0.878. The van der Waals surface area contributed by atoms with Crippen molar-refractivity contribution in [2.75, 3.05) is 0 Å². The maximum atomic E-state index is 5.41. The Morgan fingerprint density at radius 3 is 2.92 bits per heavy atom. The van der Waals surface area contributed by atoms with Crippen molar-refractivity contribution in [2.45, 2.75) is 13.8 Å². The fourth-order valence-electron chi connectivity index (χ4n) is 1.24. The molecule has 0 aliphatic heterocycles. The fourth-order valence-corrected chi connectivity index (χ4v) is 1.24. The number of hydrogen-bond donors (Lipinski definition) is 0. The van der Waals surface area contributed by atoms with Crippen LogP contribution >= 0.6 is 0 Å². The molecule has 0 saturated carbocycles. The van der Waals surface area contributed by atoms with E-state index in [-0.39, 0.29) is 0 Å². The molecule has 0 saturated heterocycles. The number of rotatable bonds is 0. The Morgan fingerprint density at radius 1 is 1.42 bits per heavy atom. The van der Waals surface area contributed by atoms with Crippen molar-refractivity contribution in [1.82, 2.24) is 4.98 Å². The Morgan fingerprint density at radius 2 is 2.17 bits per heavy atom. The SMILES string of the molecule is Cc1cnc2oc(C)[n+](C)c2c1. The lowest BCUT2D eigenvalue weighted by atomic mass is 10.3. The maximum Gasteiger partial charge on any atom is 0.345 e. The van der Waals surface area contributed by atoms with Crippen LogP contribution in [-0.2, 0) is 7.05 Å². The van der Waals surface area contributed by atoms with Crippen LogP contribution in [0.15, 0.2) is 16.7 Å². The first-order chi connectivity index (χ1) is 5.68. The molecule has 0 radical (unpaired) electrons. The highest BCUT2D eigenvalue weighted by Crippen LogP contribution is 2.10. The van der Waals surface area contributed by atoms with E-state index in [1.54, 1.807) is 0 Å². The van der Waals surface area contributed by atoms with Crippen molar-refractivity contribution < 1.29 is 8.98 Å². The van der Waals surface area contributed by atoms with Crippen molar-refractivity contribution in [1.29, 1.82) is 0 Å². The van der Waals surface area contributed by atoms with Gasteiger partial charge in [0.25, 0.3) is 11.2 Å². The van der Waals surface area contributed by atoms with Gasteiger partial charge in [0.1, 0.15) is 7.05 Å². The summed E-state index contributed by atoms with van der Waals surface area (Å²) in [6, 6.07) is 2.07. The minimum absolute atomic E-state index is 0.709. The van der Waals surface area contributed by atoms with Crippen LogP contribution in [0, 0.1) is 13.8 Å². The molecule has 2 aromatic heterocycles. The van der Waals surface area contributed by atoms with Crippen LogP contribution in [-0.4, -0.2) is 4.98 Å². The number of pyridine rings is 1. The average Bonchev–Trinajstić information content (AvgIpc) is 2.31. The topological polar surface area (TPSA) is 29.9 Å². The standard InChI is InChI=1S/C9H11N2O/c1-6-4-8-9(10-5-6)12-7(2)11(8)3/h4-5H,1-3H3/q+1. The van der Waals surface area contributed by atoms with E-state index in [4.69, 9.17) is 4.42 Å². The third kappa shape index (κ3) is 0.897. The minimum Gasteiger partial charge on any atom is -0.382 e. The van der Waals surface area contributed by atoms with Crippen molar-refractivity contribution in [2.24, 2.45) is 7.05 Å². The predicted molar refractivity (Wildman–Crippen MR) is 44.7 cm³/mol. The number of aryl methyl sites for hydroxylation is 3. The molecule has 2 heterocycles. The zero-order valence-electron chi connectivity index (χ0n) is 7.46. The molecule has 0 aliphatic rings. The Labute approximate surface area is 70.7 Å². The molecule has 3 nitrogen and oxygen atoms in total. The monoisotopic (exact) mass is 163 g/mol. The quantitative estimate of drug-likeness (QED) is 0.547. The number of fused-ring (bicyclic) bond motifs is 1. The summed E-state index contributed by atoms with van der Waals surface area (Å²) in [6.07, 6.45) is 1.81. The zero-order valence-corrected chi connectivity index (χ0v) is 7.46. The van der Waals surface area contributed by atoms with Gasteiger partial charge in [0, 0.05) is 12.3 Å². The van der Waals surface area contributed by atoms with Crippen LogP contribution < -0.4 is 4.57 Å². The van der Waals surface area contributed by atoms with Crippen LogP contribution in [0.25, 0.3) is 11.2 Å². The Balaban J connectivity index is 2.88. The molecule has 0 aromatic carbocycles. The van der Waals surface area contributed by atoms with E-state index in [0.717, 1.165) is 17.0 Å². The number of oxazole rings is 1. The van der Waals surface area contributed by atoms with Gasteiger partial charge >= 0.3 is 5.89 Å². The lowest BCUT2D eigenvalue weighted by Crippen LogP contribution is -2.29. The fraction of sp³-hybridized carbons (Fsp3) is 0.333. The number of aromatic nitrogens is 2. The van der Waals surface area contributed by atoms with E-state index in [1.165, 1.54) is 0 Å². The van der Waals surface area contributed by atoms with E-state index in [9.17, 15) is 0 Å². The summed E-state index contributed by atoms with van der Waals surface area (Å²) >= 11 is 0. The van der Waals surface area contributed by atoms with Crippen LogP contribution in [0.2, 0.25) is 0 Å². The second-order valence-electron chi connectivity index (χ2n) is 3.02. The van der Waals surface area contributed by atoms with E-state index in [1.807, 2.05) is 31.7 Å². The molecule has 0 bridgehead atoms. The van der Waals surface area contributed by atoms with Crippen LogP contribution in [0.1, 0.15) is 11.5 Å². The van der Waals surface area contributed by atoms with Crippen molar-refractivity contribution in [3.05, 3.63) is 23.7 Å². The van der Waals surface area contributed by atoms with Crippen LogP contribution in [0.5, 0.6) is 0 Å². The largest absolute Gasteiger partial charge is 0.382 e. The highest BCUT2D eigenvalue weighted by atomic mass is 16.4. The van der Waals surface area contributed by atoms with E-state index in [0.29, 0.717) is 5.71 Å². The Bertz CT molecular complexity index is 431. The van der Waals surface area contributed by atoms with Gasteiger partial charge in [-0.2, -0.15) is 4.57 Å². The maximum absolute atomic E-state index is 5.41. The van der Waals surface area contributed by atoms with Crippen molar-refractivity contribution in [3.8, 4) is 0 Å². The molecule has 2 rings (SSSR count). The smallest absolute Gasteiger partial charge is 0.345 e. The highest BCUT2D eigenvalue weighted by Gasteiger charge is 2.15. The molecule has 0 unspecified atom stereocenters. The summed E-state index contributed by atoms with van der Waals surface area (Å²) < 4.78 is 7.40. The van der Waals surface area contributed by atoms with E-state index >= 15 is 0 Å². The second-order valence-corrected chi connectivity index (χ2v) is 3.02. The van der Waals surface area contributed by atoms with E-state index < -0.39 is 0 Å². The lowest BCUT2D eigenvalue weighted by Gasteiger charge is -1.85. The molecule has 62 valence electrons. The second kappa shape index (κ2) is 2.30. The normalized spacial score (nSPS) is 10.9. The third-order valence-corrected chi connectivity index (χ3v) is 2.05. The molecule has 12 heavy (non-hydrogen) atoms. The minimum atomic E-state index is 0.709. The Kier molecular flexibility index (Phi) is 1.40. The van der Waals surface area contributed by atoms with Gasteiger partial charge in [-0.15, -0.1) is 0 Å². The molecular weight excluding hydrogens is 152 g/mol. The van der Waals surface area contributed by atoms with Gasteiger partial charge in [0.15, 0.2) is 0 Å². The van der Waals surface area contributed by atoms with Gasteiger partial charge in [-0.1, -0.05) is 0 Å². The molecule has 3 heteroatoms. The van der Waals surface area contributed by atoms with Crippen LogP contribution in [0.4, 0.5) is 0 Å². The van der Waals surface area contributed by atoms with Crippen molar-refractivity contribution in [3.63, 3.8) is 0 Å². The van der Waals surface area contributed by atoms with Gasteiger partial charge in [-0.25, -0.2) is 4.98 Å². The molecule has 2 aromatic rings. The lowest BCUT2D eigenvalue weighted by molar-refractivity contribution is -0.657. The molecule has 0 fully saturated rings. The molecule has 0 spiro atoms. The van der Waals surface area contributed by atoms with Gasteiger partial charge < -0.3 is 4.42 Å². The first kappa shape index (κ1) is 7.28. The summed E-state index contributed by atoms with van der Waals surface area (Å²) in [5, 5.41) is 0. The van der Waals surface area contributed by atoms with E-state index in [2.05, 4.69) is 11.1 Å². The first-order valence-electron chi connectivity index (χ1n) is 3.90. The number of hydrogen-bond acceptors (Lipinski definition) is 2. The molecule has 0 N–H and O–H groups in total. The molecule has 0 aliphatic carbocycles. The summed E-state index contributed by atoms with van der Waals surface area (Å²) in [6.45, 7) is 3.95. The molecule has 0 atom stereocenters. The van der Waals surface area contributed by atoms with Gasteiger partial charge in [-0.3, -0.25) is 0 Å². The summed E-state index contributed by atoms with van der Waals surface area (Å²) in [7, 11) is 1.97. The third-order valence-electron chi connectivity index (χ3n) is 2.05. The zero-order chi connectivity index (χ0) is 8.72. The van der Waals surface area contributed by atoms with Gasteiger partial charge in [0.05, 0.1) is 6.92 Å². The summed E-state index contributed by atoms with van der Waals surface area (Å²) in [5.41, 5.74) is 2.91. The van der Waals surface area contributed by atoms with Crippen molar-refractivity contribution >= 4 is 11.2 Å². The van der Waals surface area contributed by atoms with Crippen LogP contribution in [0.3, 0.4) is 0 Å². The van der Waals surface area contributed by atoms with Gasteiger partial charge in [-0.05, 0) is 12.5 Å². The number of nitrogens with zero attached hydrogens (tertiary/aromatic N) is 2. The predicted octanol–water partition coefficient (Wildman–Crippen LogP) is 1.27. The molecule has 0 amide bonds. The highest BCUT2D eigenvalue weighted by molar-refractivity contribution is 5.64. The average molecular weight is 163 g/mol. The Hall–Kier alpha value is -1.38. The summed E-state index contributed by atoms with van der Waals surface area (Å²) in [4.78, 5) is 4.17. The molecular formula is C9H11N2O+. The van der Waals surface area contributed by atoms with Gasteiger partial charge in [0.2, 0.25) is 0 Å². The first-order valence-corrected chi connectivity index (χ1v) is 3.90.